The van der Waals surface area contributed by atoms with Crippen LogP contribution in [0.3, 0.4) is 0 Å². The van der Waals surface area contributed by atoms with E-state index < -0.39 is 24.2 Å². The van der Waals surface area contributed by atoms with E-state index in [9.17, 15) is 0 Å². The quantitative estimate of drug-likeness (QED) is 0.287. The van der Waals surface area contributed by atoms with Crippen molar-refractivity contribution in [1.29, 1.82) is 0 Å². The van der Waals surface area contributed by atoms with Crippen LogP contribution in [0.4, 0.5) is 0 Å². The summed E-state index contributed by atoms with van der Waals surface area (Å²) in [6.07, 6.45) is 2.24. The minimum atomic E-state index is -1.27. The molecule has 0 atom stereocenters. The fraction of sp³-hybridized carbons (Fsp3) is 0.0769. The fourth-order valence-electron chi connectivity index (χ4n) is 4.80. The molecule has 2 aliphatic rings. The summed E-state index contributed by atoms with van der Waals surface area (Å²) >= 11 is -1.27. The van der Waals surface area contributed by atoms with Gasteiger partial charge < -0.3 is 0 Å². The van der Waals surface area contributed by atoms with Crippen molar-refractivity contribution in [3.05, 3.63) is 107 Å². The van der Waals surface area contributed by atoms with Gasteiger partial charge in [-0.2, -0.15) is 0 Å². The van der Waals surface area contributed by atoms with Crippen LogP contribution in [0, 0.1) is 0 Å². The van der Waals surface area contributed by atoms with E-state index in [1.165, 1.54) is 33.4 Å². The van der Waals surface area contributed by atoms with Gasteiger partial charge in [-0.3, -0.25) is 0 Å². The van der Waals surface area contributed by atoms with E-state index in [4.69, 9.17) is 0 Å². The van der Waals surface area contributed by atoms with Crippen LogP contribution < -0.4 is 6.25 Å². The normalized spacial score (nSPS) is 12.7. The molecule has 6 rings (SSSR count). The molecule has 0 bridgehead atoms. The van der Waals surface area contributed by atoms with Crippen molar-refractivity contribution in [3.63, 3.8) is 0 Å². The van der Waals surface area contributed by atoms with E-state index in [1.54, 1.807) is 17.4 Å². The second-order valence-electron chi connectivity index (χ2n) is 7.56. The standard InChI is InChI=1S/2C13H9.Tl/c2*1-3-7-12-10(5-1)9-11-6-2-4-8-13(11)12;/h2*1-5,7-8H,9H2;. The zero-order valence-electron chi connectivity index (χ0n) is 15.1. The van der Waals surface area contributed by atoms with Crippen molar-refractivity contribution in [2.75, 3.05) is 0 Å². The maximum absolute atomic E-state index is 2.42. The van der Waals surface area contributed by atoms with E-state index in [0.29, 0.717) is 0 Å². The van der Waals surface area contributed by atoms with Gasteiger partial charge in [0.15, 0.2) is 0 Å². The number of hydrogen-bond acceptors (Lipinski definition) is 0. The van der Waals surface area contributed by atoms with Gasteiger partial charge in [-0.15, -0.1) is 0 Å². The summed E-state index contributed by atoms with van der Waals surface area (Å²) < 4.78 is 3.38. The van der Waals surface area contributed by atoms with E-state index in [2.05, 4.69) is 84.9 Å². The summed E-state index contributed by atoms with van der Waals surface area (Å²) in [6, 6.07) is 31.9. The van der Waals surface area contributed by atoms with E-state index >= 15 is 0 Å². The monoisotopic (exact) mass is 535 g/mol. The molecule has 0 aliphatic heterocycles. The summed E-state index contributed by atoms with van der Waals surface area (Å²) in [5, 5.41) is 0. The molecule has 2 aliphatic carbocycles. The summed E-state index contributed by atoms with van der Waals surface area (Å²) in [6.45, 7) is 0. The Morgan fingerprint density at radius 3 is 1.41 bits per heavy atom. The van der Waals surface area contributed by atoms with Crippen molar-refractivity contribution in [2.24, 2.45) is 0 Å². The van der Waals surface area contributed by atoms with Crippen LogP contribution in [0.15, 0.2) is 84.9 Å². The first-order valence-electron chi connectivity index (χ1n) is 9.63. The Kier molecular flexibility index (Phi) is 3.61. The Balaban J connectivity index is 1.43. The minimum absolute atomic E-state index is 1.12. The molecule has 0 amide bonds. The SMILES string of the molecule is c1ccc2c(c1)Cc1[c]([Tl][c]3cccc4c3Cc3ccccc3-4)cccc1-2. The molecule has 1 heteroatoms. The van der Waals surface area contributed by atoms with Crippen molar-refractivity contribution in [2.45, 2.75) is 12.8 Å². The van der Waals surface area contributed by atoms with Gasteiger partial charge in [0.1, 0.15) is 0 Å². The van der Waals surface area contributed by atoms with Crippen LogP contribution >= 0.6 is 0 Å². The molecule has 0 unspecified atom stereocenters. The second kappa shape index (κ2) is 6.17. The molecular formula is C26H18Tl. The van der Waals surface area contributed by atoms with Crippen molar-refractivity contribution in [3.8, 4) is 22.3 Å². The third-order valence-corrected chi connectivity index (χ3v) is 12.7. The van der Waals surface area contributed by atoms with Gasteiger partial charge in [0.2, 0.25) is 0 Å². The molecule has 0 nitrogen and oxygen atoms in total. The van der Waals surface area contributed by atoms with Gasteiger partial charge in [-0.1, -0.05) is 0 Å². The molecule has 0 fully saturated rings. The molecule has 0 saturated carbocycles. The Morgan fingerprint density at radius 2 is 0.889 bits per heavy atom. The summed E-state index contributed by atoms with van der Waals surface area (Å²) in [5.41, 5.74) is 12.1. The van der Waals surface area contributed by atoms with Crippen molar-refractivity contribution in [1.82, 2.24) is 0 Å². The summed E-state index contributed by atoms with van der Waals surface area (Å²) in [5.74, 6) is 0. The molecule has 0 aromatic heterocycles. The molecule has 4 aromatic rings. The van der Waals surface area contributed by atoms with Gasteiger partial charge in [0.05, 0.1) is 0 Å². The van der Waals surface area contributed by atoms with Crippen LogP contribution in [0.25, 0.3) is 22.3 Å². The van der Waals surface area contributed by atoms with Crippen molar-refractivity contribution < 1.29 is 0 Å². The van der Waals surface area contributed by atoms with Crippen LogP contribution in [-0.4, -0.2) is 24.2 Å². The molecule has 0 radical (unpaired) electrons. The first kappa shape index (κ1) is 15.8. The summed E-state index contributed by atoms with van der Waals surface area (Å²) in [4.78, 5) is 0. The number of fused-ring (bicyclic) bond motifs is 6. The number of rotatable bonds is 2. The molecule has 27 heavy (non-hydrogen) atoms. The number of hydrogen-bond donors (Lipinski definition) is 0. The predicted octanol–water partition coefficient (Wildman–Crippen LogP) is 4.48. The van der Waals surface area contributed by atoms with Gasteiger partial charge in [0.25, 0.3) is 0 Å². The molecule has 4 aromatic carbocycles. The molecule has 0 saturated heterocycles. The Morgan fingerprint density at radius 1 is 0.444 bits per heavy atom. The van der Waals surface area contributed by atoms with E-state index in [0.717, 1.165) is 12.8 Å². The molecule has 0 N–H and O–H groups in total. The molecule has 0 spiro atoms. The van der Waals surface area contributed by atoms with Gasteiger partial charge in [-0.05, 0) is 0 Å². The van der Waals surface area contributed by atoms with Crippen LogP contribution in [0.2, 0.25) is 0 Å². The van der Waals surface area contributed by atoms with E-state index in [1.807, 2.05) is 0 Å². The first-order chi connectivity index (χ1) is 13.4. The first-order valence-corrected chi connectivity index (χ1v) is 14.1. The Bertz CT molecular complexity index is 1110. The third-order valence-electron chi connectivity index (χ3n) is 6.09. The molecule has 0 heterocycles. The molecular weight excluding hydrogens is 517 g/mol. The zero-order chi connectivity index (χ0) is 17.8. The third kappa shape index (κ3) is 2.46. The Labute approximate surface area is 172 Å². The number of benzene rings is 4. The topological polar surface area (TPSA) is 0 Å². The van der Waals surface area contributed by atoms with Gasteiger partial charge in [-0.25, -0.2) is 0 Å². The van der Waals surface area contributed by atoms with Crippen LogP contribution in [0.5, 0.6) is 0 Å². The maximum atomic E-state index is 2.42. The van der Waals surface area contributed by atoms with Gasteiger partial charge >= 0.3 is 173 Å². The average Bonchev–Trinajstić information content (AvgIpc) is 3.28. The summed E-state index contributed by atoms with van der Waals surface area (Å²) in [7, 11) is 0. The predicted molar refractivity (Wildman–Crippen MR) is 114 cm³/mol. The van der Waals surface area contributed by atoms with Crippen LogP contribution in [0.1, 0.15) is 22.3 Å². The zero-order valence-corrected chi connectivity index (χ0v) is 19.6. The van der Waals surface area contributed by atoms with Crippen LogP contribution in [-0.2, 0) is 12.8 Å². The fourth-order valence-corrected chi connectivity index (χ4v) is 11.1. The average molecular weight is 535 g/mol. The van der Waals surface area contributed by atoms with Gasteiger partial charge in [0, 0.05) is 0 Å². The van der Waals surface area contributed by atoms with E-state index in [-0.39, 0.29) is 0 Å². The Hall–Kier alpha value is -2.20. The van der Waals surface area contributed by atoms with Crippen molar-refractivity contribution >= 4 is 30.5 Å². The molecule has 125 valence electrons. The second-order valence-corrected chi connectivity index (χ2v) is 13.5.